The predicted molar refractivity (Wildman–Crippen MR) is 68.8 cm³/mol. The van der Waals surface area contributed by atoms with E-state index in [1.165, 1.54) is 31.2 Å². The predicted octanol–water partition coefficient (Wildman–Crippen LogP) is 2.94. The van der Waals surface area contributed by atoms with Crippen molar-refractivity contribution >= 4 is 11.6 Å². The molecule has 1 amide bonds. The molecule has 0 aliphatic carbocycles. The van der Waals surface area contributed by atoms with Crippen molar-refractivity contribution in [3.05, 3.63) is 53.1 Å². The molecule has 0 bridgehead atoms. The van der Waals surface area contributed by atoms with Crippen molar-refractivity contribution in [1.29, 1.82) is 0 Å². The summed E-state index contributed by atoms with van der Waals surface area (Å²) in [7, 11) is 0. The lowest BCUT2D eigenvalue weighted by atomic mass is 10.1. The van der Waals surface area contributed by atoms with Crippen LogP contribution in [0, 0.1) is 18.6 Å². The molecule has 0 heterocycles. The van der Waals surface area contributed by atoms with Crippen LogP contribution in [-0.2, 0) is 0 Å². The summed E-state index contributed by atoms with van der Waals surface area (Å²) in [6, 6.07) is 5.99. The molecule has 0 atom stereocenters. The van der Waals surface area contributed by atoms with E-state index < -0.39 is 34.7 Å². The second kappa shape index (κ2) is 5.16. The number of anilines is 1. The highest BCUT2D eigenvalue weighted by Crippen LogP contribution is 2.29. The SMILES string of the molecule is Cc1ccc(F)c(NC(=O)c2cccc(O)c2O)c1F. The van der Waals surface area contributed by atoms with E-state index in [0.29, 0.717) is 0 Å². The molecule has 0 radical (unpaired) electrons. The van der Waals surface area contributed by atoms with Gasteiger partial charge in [0.2, 0.25) is 0 Å². The van der Waals surface area contributed by atoms with E-state index in [1.807, 2.05) is 5.32 Å². The van der Waals surface area contributed by atoms with Crippen LogP contribution in [0.1, 0.15) is 15.9 Å². The van der Waals surface area contributed by atoms with Crippen LogP contribution < -0.4 is 5.32 Å². The number of carbonyl (C=O) groups is 1. The zero-order valence-electron chi connectivity index (χ0n) is 10.4. The van der Waals surface area contributed by atoms with Crippen molar-refractivity contribution in [2.24, 2.45) is 0 Å². The van der Waals surface area contributed by atoms with E-state index >= 15 is 0 Å². The van der Waals surface area contributed by atoms with Gasteiger partial charge in [-0.05, 0) is 30.7 Å². The second-order valence-electron chi connectivity index (χ2n) is 4.18. The first-order valence-corrected chi connectivity index (χ1v) is 5.68. The third-order valence-corrected chi connectivity index (χ3v) is 2.78. The molecule has 3 N–H and O–H groups in total. The third kappa shape index (κ3) is 2.40. The first-order chi connectivity index (χ1) is 9.41. The van der Waals surface area contributed by atoms with Crippen molar-refractivity contribution in [2.75, 3.05) is 5.32 Å². The maximum absolute atomic E-state index is 13.8. The number of amides is 1. The van der Waals surface area contributed by atoms with Crippen LogP contribution in [0.2, 0.25) is 0 Å². The largest absolute Gasteiger partial charge is 0.504 e. The van der Waals surface area contributed by atoms with Gasteiger partial charge in [-0.1, -0.05) is 12.1 Å². The number of hydrogen-bond donors (Lipinski definition) is 3. The van der Waals surface area contributed by atoms with Crippen LogP contribution in [0.15, 0.2) is 30.3 Å². The van der Waals surface area contributed by atoms with Gasteiger partial charge in [-0.3, -0.25) is 4.79 Å². The standard InChI is InChI=1S/C14H11F2NO3/c1-7-5-6-9(15)12(11(7)16)17-14(20)8-3-2-4-10(18)13(8)19/h2-6,18-19H,1H3,(H,17,20). The normalized spacial score (nSPS) is 10.3. The monoisotopic (exact) mass is 279 g/mol. The zero-order chi connectivity index (χ0) is 14.9. The summed E-state index contributed by atoms with van der Waals surface area (Å²) in [5.41, 5.74) is -0.718. The van der Waals surface area contributed by atoms with Gasteiger partial charge >= 0.3 is 0 Å². The number of para-hydroxylation sites is 1. The fraction of sp³-hybridized carbons (Fsp3) is 0.0714. The van der Waals surface area contributed by atoms with Gasteiger partial charge in [0.05, 0.1) is 5.56 Å². The Bertz CT molecular complexity index is 686. The van der Waals surface area contributed by atoms with Crippen LogP contribution in [0.25, 0.3) is 0 Å². The van der Waals surface area contributed by atoms with Crippen molar-refractivity contribution < 1.29 is 23.8 Å². The van der Waals surface area contributed by atoms with Crippen LogP contribution in [0.4, 0.5) is 14.5 Å². The van der Waals surface area contributed by atoms with Crippen LogP contribution in [0.3, 0.4) is 0 Å². The number of rotatable bonds is 2. The molecule has 0 unspecified atom stereocenters. The van der Waals surface area contributed by atoms with Crippen molar-refractivity contribution in [2.45, 2.75) is 6.92 Å². The molecule has 0 saturated heterocycles. The van der Waals surface area contributed by atoms with Gasteiger partial charge in [0.1, 0.15) is 11.5 Å². The highest BCUT2D eigenvalue weighted by Gasteiger charge is 2.18. The van der Waals surface area contributed by atoms with Gasteiger partial charge in [-0.15, -0.1) is 0 Å². The number of nitrogens with one attached hydrogen (secondary N) is 1. The van der Waals surface area contributed by atoms with Gasteiger partial charge in [0, 0.05) is 0 Å². The molecule has 6 heteroatoms. The summed E-state index contributed by atoms with van der Waals surface area (Å²) in [4.78, 5) is 11.9. The topological polar surface area (TPSA) is 69.6 Å². The third-order valence-electron chi connectivity index (χ3n) is 2.78. The van der Waals surface area contributed by atoms with Crippen LogP contribution in [-0.4, -0.2) is 16.1 Å². The maximum atomic E-state index is 13.8. The lowest BCUT2D eigenvalue weighted by molar-refractivity contribution is 0.102. The number of phenols is 2. The van der Waals surface area contributed by atoms with Crippen LogP contribution in [0.5, 0.6) is 11.5 Å². The number of carbonyl (C=O) groups excluding carboxylic acids is 1. The summed E-state index contributed by atoms with van der Waals surface area (Å²) < 4.78 is 27.3. The smallest absolute Gasteiger partial charge is 0.259 e. The lowest BCUT2D eigenvalue weighted by Crippen LogP contribution is -2.15. The fourth-order valence-electron chi connectivity index (χ4n) is 1.67. The quantitative estimate of drug-likeness (QED) is 0.740. The lowest BCUT2D eigenvalue weighted by Gasteiger charge is -2.10. The molecule has 0 aromatic heterocycles. The highest BCUT2D eigenvalue weighted by molar-refractivity contribution is 6.06. The maximum Gasteiger partial charge on any atom is 0.259 e. The van der Waals surface area contributed by atoms with Crippen molar-refractivity contribution in [3.8, 4) is 11.5 Å². The first kappa shape index (κ1) is 13.8. The van der Waals surface area contributed by atoms with E-state index in [9.17, 15) is 23.8 Å². The molecule has 0 spiro atoms. The molecule has 104 valence electrons. The van der Waals surface area contributed by atoms with Gasteiger partial charge < -0.3 is 15.5 Å². The summed E-state index contributed by atoms with van der Waals surface area (Å²) in [5, 5.41) is 20.9. The summed E-state index contributed by atoms with van der Waals surface area (Å²) >= 11 is 0. The minimum Gasteiger partial charge on any atom is -0.504 e. The number of phenolic OH excluding ortho intramolecular Hbond substituents is 2. The molecule has 0 saturated carbocycles. The molecular formula is C14H11F2NO3. The Hall–Kier alpha value is -2.63. The molecule has 4 nitrogen and oxygen atoms in total. The molecule has 2 aromatic carbocycles. The van der Waals surface area contributed by atoms with E-state index in [2.05, 4.69) is 0 Å². The summed E-state index contributed by atoms with van der Waals surface area (Å²) in [6.07, 6.45) is 0. The molecule has 0 aliphatic heterocycles. The Morgan fingerprint density at radius 2 is 1.85 bits per heavy atom. The van der Waals surface area contributed by atoms with Gasteiger partial charge in [-0.25, -0.2) is 8.78 Å². The average molecular weight is 279 g/mol. The van der Waals surface area contributed by atoms with Crippen LogP contribution >= 0.6 is 0 Å². The number of halogens is 2. The Labute approximate surface area is 113 Å². The van der Waals surface area contributed by atoms with Crippen molar-refractivity contribution in [1.82, 2.24) is 0 Å². The van der Waals surface area contributed by atoms with E-state index in [4.69, 9.17) is 0 Å². The molecule has 0 fully saturated rings. The molecule has 2 rings (SSSR count). The van der Waals surface area contributed by atoms with E-state index in [-0.39, 0.29) is 11.1 Å². The Morgan fingerprint density at radius 3 is 2.55 bits per heavy atom. The zero-order valence-corrected chi connectivity index (χ0v) is 10.4. The Morgan fingerprint density at radius 1 is 1.15 bits per heavy atom. The Kier molecular flexibility index (Phi) is 3.56. The summed E-state index contributed by atoms with van der Waals surface area (Å²) in [6.45, 7) is 1.43. The highest BCUT2D eigenvalue weighted by atomic mass is 19.1. The summed E-state index contributed by atoms with van der Waals surface area (Å²) in [5.74, 6) is -3.90. The molecular weight excluding hydrogens is 268 g/mol. The second-order valence-corrected chi connectivity index (χ2v) is 4.18. The number of aromatic hydroxyl groups is 2. The first-order valence-electron chi connectivity index (χ1n) is 5.68. The van der Waals surface area contributed by atoms with Gasteiger partial charge in [0.25, 0.3) is 5.91 Å². The number of aryl methyl sites for hydroxylation is 1. The number of benzene rings is 2. The van der Waals surface area contributed by atoms with Crippen molar-refractivity contribution in [3.63, 3.8) is 0 Å². The molecule has 0 aliphatic rings. The van der Waals surface area contributed by atoms with Gasteiger partial charge in [-0.2, -0.15) is 0 Å². The minimum atomic E-state index is -0.930. The average Bonchev–Trinajstić information content (AvgIpc) is 2.42. The van der Waals surface area contributed by atoms with E-state index in [1.54, 1.807) is 0 Å². The van der Waals surface area contributed by atoms with Gasteiger partial charge in [0.15, 0.2) is 17.3 Å². The Balaban J connectivity index is 2.38. The number of hydrogen-bond acceptors (Lipinski definition) is 3. The molecule has 2 aromatic rings. The molecule has 20 heavy (non-hydrogen) atoms. The fourth-order valence-corrected chi connectivity index (χ4v) is 1.67. The van der Waals surface area contributed by atoms with E-state index in [0.717, 1.165) is 6.07 Å². The minimum absolute atomic E-state index is 0.168.